The van der Waals surface area contributed by atoms with Crippen LogP contribution in [0.4, 0.5) is 0 Å². The van der Waals surface area contributed by atoms with Gasteiger partial charge in [-0.1, -0.05) is 12.8 Å². The molecule has 0 saturated heterocycles. The Kier molecular flexibility index (Phi) is 4.42. The first-order valence-electron chi connectivity index (χ1n) is 6.74. The zero-order valence-corrected chi connectivity index (χ0v) is 10.9. The van der Waals surface area contributed by atoms with Crippen molar-refractivity contribution in [3.8, 4) is 0 Å². The van der Waals surface area contributed by atoms with E-state index < -0.39 is 0 Å². The van der Waals surface area contributed by atoms with Crippen molar-refractivity contribution < 1.29 is 9.21 Å². The summed E-state index contributed by atoms with van der Waals surface area (Å²) in [5, 5.41) is 2.97. The van der Waals surface area contributed by atoms with E-state index in [1.54, 1.807) is 12.3 Å². The van der Waals surface area contributed by atoms with E-state index in [-0.39, 0.29) is 5.91 Å². The monoisotopic (exact) mass is 250 g/mol. The number of furan rings is 1. The van der Waals surface area contributed by atoms with Gasteiger partial charge in [-0.2, -0.15) is 0 Å². The minimum Gasteiger partial charge on any atom is -0.459 e. The van der Waals surface area contributed by atoms with Crippen molar-refractivity contribution in [1.82, 2.24) is 5.32 Å². The first-order valence-corrected chi connectivity index (χ1v) is 6.74. The molecule has 2 unspecified atom stereocenters. The number of carbonyl (C=O) groups is 1. The van der Waals surface area contributed by atoms with Crippen LogP contribution in [-0.4, -0.2) is 19.0 Å². The molecule has 0 aromatic carbocycles. The third kappa shape index (κ3) is 2.93. The van der Waals surface area contributed by atoms with Gasteiger partial charge >= 0.3 is 0 Å². The summed E-state index contributed by atoms with van der Waals surface area (Å²) >= 11 is 0. The van der Waals surface area contributed by atoms with Crippen LogP contribution in [0.3, 0.4) is 0 Å². The van der Waals surface area contributed by atoms with E-state index in [0.717, 1.165) is 12.1 Å². The molecule has 1 aromatic rings. The molecule has 0 radical (unpaired) electrons. The van der Waals surface area contributed by atoms with E-state index in [1.165, 1.54) is 25.7 Å². The van der Waals surface area contributed by atoms with Gasteiger partial charge in [0.25, 0.3) is 5.91 Å². The number of amides is 1. The van der Waals surface area contributed by atoms with Crippen LogP contribution in [-0.2, 0) is 0 Å². The highest BCUT2D eigenvalue weighted by molar-refractivity contribution is 5.92. The number of rotatable bonds is 4. The standard InChI is InChI=1S/C14H22N2O2/c1-10-6-7-18-13(10)14(17)16-9-12-5-3-2-4-11(12)8-15/h6-7,11-12H,2-5,8-9,15H2,1H3,(H,16,17). The van der Waals surface area contributed by atoms with Crippen LogP contribution in [0, 0.1) is 18.8 Å². The number of hydrogen-bond acceptors (Lipinski definition) is 3. The number of hydrogen-bond donors (Lipinski definition) is 2. The lowest BCUT2D eigenvalue weighted by Gasteiger charge is -2.30. The summed E-state index contributed by atoms with van der Waals surface area (Å²) in [4.78, 5) is 11.9. The third-order valence-electron chi connectivity index (χ3n) is 3.96. The van der Waals surface area contributed by atoms with Crippen LogP contribution in [0.5, 0.6) is 0 Å². The second-order valence-corrected chi connectivity index (χ2v) is 5.18. The van der Waals surface area contributed by atoms with Crippen molar-refractivity contribution in [3.63, 3.8) is 0 Å². The quantitative estimate of drug-likeness (QED) is 0.859. The molecule has 2 rings (SSSR count). The normalized spacial score (nSPS) is 23.9. The van der Waals surface area contributed by atoms with Crippen molar-refractivity contribution in [3.05, 3.63) is 23.7 Å². The molecule has 1 fully saturated rings. The Morgan fingerprint density at radius 3 is 2.78 bits per heavy atom. The van der Waals surface area contributed by atoms with Gasteiger partial charge in [0.15, 0.2) is 5.76 Å². The Morgan fingerprint density at radius 1 is 1.44 bits per heavy atom. The molecule has 18 heavy (non-hydrogen) atoms. The van der Waals surface area contributed by atoms with Gasteiger partial charge in [-0.25, -0.2) is 0 Å². The van der Waals surface area contributed by atoms with E-state index in [1.807, 2.05) is 6.92 Å². The summed E-state index contributed by atoms with van der Waals surface area (Å²) in [7, 11) is 0. The minimum absolute atomic E-state index is 0.112. The Hall–Kier alpha value is -1.29. The SMILES string of the molecule is Cc1ccoc1C(=O)NCC1CCCCC1CN. The topological polar surface area (TPSA) is 68.3 Å². The Balaban J connectivity index is 1.87. The number of nitrogens with two attached hydrogens (primary N) is 1. The molecule has 1 saturated carbocycles. The van der Waals surface area contributed by atoms with E-state index in [9.17, 15) is 4.79 Å². The molecule has 1 aliphatic carbocycles. The lowest BCUT2D eigenvalue weighted by Crippen LogP contribution is -2.37. The van der Waals surface area contributed by atoms with Gasteiger partial charge in [0.05, 0.1) is 6.26 Å². The van der Waals surface area contributed by atoms with E-state index in [4.69, 9.17) is 10.2 Å². The van der Waals surface area contributed by atoms with Crippen molar-refractivity contribution >= 4 is 5.91 Å². The van der Waals surface area contributed by atoms with Crippen molar-refractivity contribution in [2.24, 2.45) is 17.6 Å². The van der Waals surface area contributed by atoms with Crippen LogP contribution in [0.15, 0.2) is 16.7 Å². The molecule has 4 heteroatoms. The van der Waals surface area contributed by atoms with Crippen LogP contribution in [0.2, 0.25) is 0 Å². The first kappa shape index (κ1) is 13.1. The summed E-state index contributed by atoms with van der Waals surface area (Å²) in [5.41, 5.74) is 6.67. The van der Waals surface area contributed by atoms with Gasteiger partial charge in [0, 0.05) is 12.1 Å². The van der Waals surface area contributed by atoms with Crippen LogP contribution in [0.25, 0.3) is 0 Å². The van der Waals surface area contributed by atoms with Crippen LogP contribution in [0.1, 0.15) is 41.8 Å². The minimum atomic E-state index is -0.112. The summed E-state index contributed by atoms with van der Waals surface area (Å²) in [6, 6.07) is 1.80. The molecule has 4 nitrogen and oxygen atoms in total. The number of nitrogens with one attached hydrogen (secondary N) is 1. The fourth-order valence-corrected chi connectivity index (χ4v) is 2.77. The lowest BCUT2D eigenvalue weighted by atomic mass is 9.79. The Bertz CT molecular complexity index is 400. The van der Waals surface area contributed by atoms with Crippen molar-refractivity contribution in [1.29, 1.82) is 0 Å². The molecule has 1 aliphatic rings. The predicted octanol–water partition coefficient (Wildman–Crippen LogP) is 2.08. The van der Waals surface area contributed by atoms with E-state index in [2.05, 4.69) is 5.32 Å². The average molecular weight is 250 g/mol. The second kappa shape index (κ2) is 6.05. The molecular formula is C14H22N2O2. The molecule has 3 N–H and O–H groups in total. The van der Waals surface area contributed by atoms with Crippen molar-refractivity contribution in [2.45, 2.75) is 32.6 Å². The molecule has 1 heterocycles. The third-order valence-corrected chi connectivity index (χ3v) is 3.96. The Morgan fingerprint density at radius 2 is 2.17 bits per heavy atom. The van der Waals surface area contributed by atoms with Gasteiger partial charge in [0.2, 0.25) is 0 Å². The van der Waals surface area contributed by atoms with E-state index >= 15 is 0 Å². The maximum Gasteiger partial charge on any atom is 0.287 e. The second-order valence-electron chi connectivity index (χ2n) is 5.18. The van der Waals surface area contributed by atoms with Crippen LogP contribution < -0.4 is 11.1 Å². The van der Waals surface area contributed by atoms with Gasteiger partial charge < -0.3 is 15.5 Å². The Labute approximate surface area is 108 Å². The van der Waals surface area contributed by atoms with Gasteiger partial charge in [-0.05, 0) is 44.2 Å². The largest absolute Gasteiger partial charge is 0.459 e. The number of aryl methyl sites for hydroxylation is 1. The summed E-state index contributed by atoms with van der Waals surface area (Å²) in [5.74, 6) is 1.38. The highest BCUT2D eigenvalue weighted by atomic mass is 16.3. The number of carbonyl (C=O) groups excluding carboxylic acids is 1. The molecule has 0 aliphatic heterocycles. The smallest absolute Gasteiger partial charge is 0.287 e. The maximum absolute atomic E-state index is 11.9. The molecule has 1 aromatic heterocycles. The highest BCUT2D eigenvalue weighted by Crippen LogP contribution is 2.28. The predicted molar refractivity (Wildman–Crippen MR) is 70.3 cm³/mol. The summed E-state index contributed by atoms with van der Waals surface area (Å²) < 4.78 is 5.18. The fourth-order valence-electron chi connectivity index (χ4n) is 2.77. The molecule has 1 amide bonds. The molecule has 100 valence electrons. The zero-order valence-electron chi connectivity index (χ0n) is 10.9. The lowest BCUT2D eigenvalue weighted by molar-refractivity contribution is 0.0906. The maximum atomic E-state index is 11.9. The van der Waals surface area contributed by atoms with Crippen molar-refractivity contribution in [2.75, 3.05) is 13.1 Å². The first-order chi connectivity index (χ1) is 8.72. The van der Waals surface area contributed by atoms with E-state index in [0.29, 0.717) is 24.1 Å². The molecular weight excluding hydrogens is 228 g/mol. The zero-order chi connectivity index (χ0) is 13.0. The summed E-state index contributed by atoms with van der Waals surface area (Å²) in [6.07, 6.45) is 6.42. The summed E-state index contributed by atoms with van der Waals surface area (Å²) in [6.45, 7) is 3.31. The van der Waals surface area contributed by atoms with Crippen LogP contribution >= 0.6 is 0 Å². The fraction of sp³-hybridized carbons (Fsp3) is 0.643. The molecule has 0 bridgehead atoms. The molecule has 0 spiro atoms. The highest BCUT2D eigenvalue weighted by Gasteiger charge is 2.24. The van der Waals surface area contributed by atoms with Gasteiger partial charge in [0.1, 0.15) is 0 Å². The molecule has 2 atom stereocenters. The average Bonchev–Trinajstić information content (AvgIpc) is 2.82. The van der Waals surface area contributed by atoms with Gasteiger partial charge in [-0.3, -0.25) is 4.79 Å². The van der Waals surface area contributed by atoms with Gasteiger partial charge in [-0.15, -0.1) is 0 Å².